The quantitative estimate of drug-likeness (QED) is 0.891. The topological polar surface area (TPSA) is 58.1 Å². The normalized spacial score (nSPS) is 14.8. The highest BCUT2D eigenvalue weighted by Gasteiger charge is 2.28. The van der Waals surface area contributed by atoms with Crippen molar-refractivity contribution >= 4 is 11.7 Å². The Morgan fingerprint density at radius 2 is 1.95 bits per heavy atom. The fraction of sp³-hybridized carbons (Fsp3) is 0.214. The Balaban J connectivity index is 1.54. The summed E-state index contributed by atoms with van der Waals surface area (Å²) in [5, 5.41) is 3.00. The number of aromatic nitrogens is 2. The molecule has 96 valence electrons. The molecule has 5 nitrogen and oxygen atoms in total. The Morgan fingerprint density at radius 3 is 2.63 bits per heavy atom. The average Bonchev–Trinajstić information content (AvgIpc) is 2.44. The SMILES string of the molecule is O=C(NC1CN(c2ccccn2)C1)c1ccncc1. The van der Waals surface area contributed by atoms with E-state index in [1.165, 1.54) is 0 Å². The molecule has 1 saturated heterocycles. The maximum absolute atomic E-state index is 11.9. The van der Waals surface area contributed by atoms with Crippen molar-refractivity contribution in [1.29, 1.82) is 0 Å². The summed E-state index contributed by atoms with van der Waals surface area (Å²) in [7, 11) is 0. The van der Waals surface area contributed by atoms with Gasteiger partial charge in [0, 0.05) is 37.2 Å². The van der Waals surface area contributed by atoms with Crippen LogP contribution in [0.4, 0.5) is 5.82 Å². The summed E-state index contributed by atoms with van der Waals surface area (Å²) in [6.45, 7) is 1.60. The van der Waals surface area contributed by atoms with Gasteiger partial charge in [0.1, 0.15) is 5.82 Å². The van der Waals surface area contributed by atoms with Crippen LogP contribution >= 0.6 is 0 Å². The van der Waals surface area contributed by atoms with Crippen LogP contribution in [0.3, 0.4) is 0 Å². The molecule has 3 rings (SSSR count). The largest absolute Gasteiger partial charge is 0.352 e. The lowest BCUT2D eigenvalue weighted by atomic mass is 10.1. The van der Waals surface area contributed by atoms with Crippen molar-refractivity contribution in [3.8, 4) is 0 Å². The van der Waals surface area contributed by atoms with Crippen LogP contribution in [-0.4, -0.2) is 35.0 Å². The van der Waals surface area contributed by atoms with E-state index in [2.05, 4.69) is 20.2 Å². The van der Waals surface area contributed by atoms with Crippen molar-refractivity contribution in [2.75, 3.05) is 18.0 Å². The highest BCUT2D eigenvalue weighted by atomic mass is 16.1. The summed E-state index contributed by atoms with van der Waals surface area (Å²) >= 11 is 0. The number of pyridine rings is 2. The number of rotatable bonds is 3. The maximum atomic E-state index is 11.9. The van der Waals surface area contributed by atoms with Crippen LogP contribution in [-0.2, 0) is 0 Å². The zero-order valence-corrected chi connectivity index (χ0v) is 10.4. The van der Waals surface area contributed by atoms with Crippen molar-refractivity contribution in [1.82, 2.24) is 15.3 Å². The molecule has 0 radical (unpaired) electrons. The van der Waals surface area contributed by atoms with Crippen molar-refractivity contribution in [2.24, 2.45) is 0 Å². The Morgan fingerprint density at radius 1 is 1.16 bits per heavy atom. The molecular formula is C14H14N4O. The summed E-state index contributed by atoms with van der Waals surface area (Å²) in [6.07, 6.45) is 5.02. The van der Waals surface area contributed by atoms with E-state index in [0.717, 1.165) is 18.9 Å². The van der Waals surface area contributed by atoms with Gasteiger partial charge >= 0.3 is 0 Å². The molecule has 19 heavy (non-hydrogen) atoms. The fourth-order valence-electron chi connectivity index (χ4n) is 2.07. The van der Waals surface area contributed by atoms with Gasteiger partial charge in [-0.15, -0.1) is 0 Å². The van der Waals surface area contributed by atoms with E-state index in [4.69, 9.17) is 0 Å². The van der Waals surface area contributed by atoms with Crippen LogP contribution in [0.15, 0.2) is 48.9 Å². The molecule has 1 fully saturated rings. The van der Waals surface area contributed by atoms with Crippen molar-refractivity contribution in [2.45, 2.75) is 6.04 Å². The van der Waals surface area contributed by atoms with E-state index in [0.29, 0.717) is 5.56 Å². The summed E-state index contributed by atoms with van der Waals surface area (Å²) in [5.41, 5.74) is 0.645. The number of hydrogen-bond donors (Lipinski definition) is 1. The van der Waals surface area contributed by atoms with Gasteiger partial charge in [0.2, 0.25) is 0 Å². The molecule has 3 heterocycles. The van der Waals surface area contributed by atoms with Crippen LogP contribution < -0.4 is 10.2 Å². The molecule has 0 unspecified atom stereocenters. The van der Waals surface area contributed by atoms with Crippen LogP contribution in [0.25, 0.3) is 0 Å². The van der Waals surface area contributed by atoms with Gasteiger partial charge in [0.05, 0.1) is 6.04 Å². The minimum Gasteiger partial charge on any atom is -0.352 e. The van der Waals surface area contributed by atoms with Gasteiger partial charge in [-0.2, -0.15) is 0 Å². The van der Waals surface area contributed by atoms with E-state index >= 15 is 0 Å². The van der Waals surface area contributed by atoms with Crippen molar-refractivity contribution in [3.63, 3.8) is 0 Å². The van der Waals surface area contributed by atoms with E-state index in [1.807, 2.05) is 18.2 Å². The van der Waals surface area contributed by atoms with E-state index < -0.39 is 0 Å². The first kappa shape index (κ1) is 11.6. The highest BCUT2D eigenvalue weighted by Crippen LogP contribution is 2.17. The van der Waals surface area contributed by atoms with Gasteiger partial charge in [-0.05, 0) is 24.3 Å². The lowest BCUT2D eigenvalue weighted by Crippen LogP contribution is -2.59. The minimum atomic E-state index is -0.0481. The van der Waals surface area contributed by atoms with Gasteiger partial charge in [-0.1, -0.05) is 6.07 Å². The maximum Gasteiger partial charge on any atom is 0.251 e. The third-order valence-corrected chi connectivity index (χ3v) is 3.13. The van der Waals surface area contributed by atoms with Crippen LogP contribution in [0, 0.1) is 0 Å². The van der Waals surface area contributed by atoms with Gasteiger partial charge < -0.3 is 10.2 Å². The van der Waals surface area contributed by atoms with Gasteiger partial charge in [0.25, 0.3) is 5.91 Å². The molecule has 2 aromatic rings. The van der Waals surface area contributed by atoms with Crippen molar-refractivity contribution < 1.29 is 4.79 Å². The number of nitrogens with one attached hydrogen (secondary N) is 1. The molecule has 1 aliphatic heterocycles. The summed E-state index contributed by atoms with van der Waals surface area (Å²) in [4.78, 5) is 22.2. The Hall–Kier alpha value is -2.43. The minimum absolute atomic E-state index is 0.0481. The Labute approximate surface area is 111 Å². The molecule has 2 aromatic heterocycles. The van der Waals surface area contributed by atoms with Crippen LogP contribution in [0.1, 0.15) is 10.4 Å². The zero-order chi connectivity index (χ0) is 13.1. The summed E-state index contributed by atoms with van der Waals surface area (Å²) < 4.78 is 0. The summed E-state index contributed by atoms with van der Waals surface area (Å²) in [6, 6.07) is 9.44. The molecule has 1 aliphatic rings. The van der Waals surface area contributed by atoms with Gasteiger partial charge in [0.15, 0.2) is 0 Å². The molecule has 5 heteroatoms. The Bertz CT molecular complexity index is 552. The molecule has 0 atom stereocenters. The lowest BCUT2D eigenvalue weighted by molar-refractivity contribution is 0.0930. The molecule has 0 aliphatic carbocycles. The number of anilines is 1. The monoisotopic (exact) mass is 254 g/mol. The molecule has 0 spiro atoms. The van der Waals surface area contributed by atoms with Gasteiger partial charge in [-0.3, -0.25) is 9.78 Å². The second kappa shape index (κ2) is 5.06. The third-order valence-electron chi connectivity index (χ3n) is 3.13. The number of nitrogens with zero attached hydrogens (tertiary/aromatic N) is 3. The molecule has 1 amide bonds. The van der Waals surface area contributed by atoms with E-state index in [9.17, 15) is 4.79 Å². The standard InChI is InChI=1S/C14H14N4O/c19-14(11-4-7-15-8-5-11)17-12-9-18(10-12)13-3-1-2-6-16-13/h1-8,12H,9-10H2,(H,17,19). The molecule has 0 saturated carbocycles. The zero-order valence-electron chi connectivity index (χ0n) is 10.4. The molecule has 0 bridgehead atoms. The first-order valence-corrected chi connectivity index (χ1v) is 6.20. The Kier molecular flexibility index (Phi) is 3.10. The van der Waals surface area contributed by atoms with E-state index in [-0.39, 0.29) is 11.9 Å². The smallest absolute Gasteiger partial charge is 0.251 e. The fourth-order valence-corrected chi connectivity index (χ4v) is 2.07. The number of carbonyl (C=O) groups is 1. The predicted octanol–water partition coefficient (Wildman–Crippen LogP) is 1.10. The molecular weight excluding hydrogens is 240 g/mol. The molecule has 0 aromatic carbocycles. The molecule has 1 N–H and O–H groups in total. The number of carbonyl (C=O) groups excluding carboxylic acids is 1. The van der Waals surface area contributed by atoms with Crippen molar-refractivity contribution in [3.05, 3.63) is 54.5 Å². The highest BCUT2D eigenvalue weighted by molar-refractivity contribution is 5.94. The first-order valence-electron chi connectivity index (χ1n) is 6.20. The van der Waals surface area contributed by atoms with Crippen LogP contribution in [0.5, 0.6) is 0 Å². The average molecular weight is 254 g/mol. The van der Waals surface area contributed by atoms with E-state index in [1.54, 1.807) is 30.7 Å². The number of hydrogen-bond acceptors (Lipinski definition) is 4. The summed E-state index contributed by atoms with van der Waals surface area (Å²) in [5.74, 6) is 0.907. The van der Waals surface area contributed by atoms with Crippen LogP contribution in [0.2, 0.25) is 0 Å². The predicted molar refractivity (Wildman–Crippen MR) is 71.9 cm³/mol. The lowest BCUT2D eigenvalue weighted by Gasteiger charge is -2.40. The number of amides is 1. The second-order valence-corrected chi connectivity index (χ2v) is 4.50. The third kappa shape index (κ3) is 2.54. The second-order valence-electron chi connectivity index (χ2n) is 4.50. The first-order chi connectivity index (χ1) is 9.33. The van der Waals surface area contributed by atoms with Gasteiger partial charge in [-0.25, -0.2) is 4.98 Å².